The van der Waals surface area contributed by atoms with Crippen LogP contribution >= 0.6 is 24.0 Å². The Morgan fingerprint density at radius 2 is 2.36 bits per heavy atom. The summed E-state index contributed by atoms with van der Waals surface area (Å²) >= 11 is 0. The van der Waals surface area contributed by atoms with E-state index in [-0.39, 0.29) is 41.5 Å². The first-order valence-corrected chi connectivity index (χ1v) is 8.80. The van der Waals surface area contributed by atoms with Gasteiger partial charge in [-0.05, 0) is 18.6 Å². The molecule has 1 aliphatic rings. The van der Waals surface area contributed by atoms with Gasteiger partial charge in [-0.15, -0.1) is 30.6 Å². The van der Waals surface area contributed by atoms with E-state index in [4.69, 9.17) is 4.42 Å². The number of aliphatic imine (C=N–C) groups is 1. The van der Waals surface area contributed by atoms with Gasteiger partial charge in [0.05, 0.1) is 17.8 Å². The lowest BCUT2D eigenvalue weighted by atomic mass is 10.3. The highest BCUT2D eigenvalue weighted by molar-refractivity contribution is 14.0. The number of guanidine groups is 1. The van der Waals surface area contributed by atoms with Crippen molar-refractivity contribution in [3.8, 4) is 0 Å². The lowest BCUT2D eigenvalue weighted by Crippen LogP contribution is -2.44. The molecule has 2 heterocycles. The first-order valence-electron chi connectivity index (χ1n) is 6.97. The number of nitrogens with one attached hydrogen (secondary N) is 2. The molecular weight excluding hydrogens is 417 g/mol. The molecule has 1 aromatic heterocycles. The lowest BCUT2D eigenvalue weighted by molar-refractivity contribution is 0.510. The number of nitrogens with zero attached hydrogens (tertiary/aromatic N) is 1. The van der Waals surface area contributed by atoms with E-state index in [0.29, 0.717) is 31.9 Å². The molecule has 0 spiro atoms. The molecule has 0 amide bonds. The molecule has 1 saturated heterocycles. The van der Waals surface area contributed by atoms with Crippen LogP contribution in [0.4, 0.5) is 0 Å². The molecule has 0 aliphatic carbocycles. The van der Waals surface area contributed by atoms with E-state index in [0.717, 1.165) is 5.76 Å². The van der Waals surface area contributed by atoms with Gasteiger partial charge in [0, 0.05) is 25.6 Å². The fraction of sp³-hybridized carbons (Fsp3) is 0.500. The average molecular weight is 439 g/mol. The van der Waals surface area contributed by atoms with Crippen LogP contribution in [-0.4, -0.2) is 45.0 Å². The lowest BCUT2D eigenvalue weighted by Gasteiger charge is -2.15. The summed E-state index contributed by atoms with van der Waals surface area (Å²) in [5.74, 6) is 1.90. The summed E-state index contributed by atoms with van der Waals surface area (Å²) in [5.41, 5.74) is 0. The normalized spacial score (nSPS) is 20.2. The summed E-state index contributed by atoms with van der Waals surface area (Å²) in [6.07, 6.45) is 4.69. The van der Waals surface area contributed by atoms with Crippen molar-refractivity contribution in [2.24, 2.45) is 4.99 Å². The standard InChI is InChI=1S/C14H21N3O3S.HI/c1-2-7-15-14(16-8-5-13-4-3-9-20-13)17-12-6-10-21(18,19)11-12;/h2-4,9,12H,1,5-8,10-11H2,(H2,15,16,17);1H. The molecule has 0 radical (unpaired) electrons. The van der Waals surface area contributed by atoms with Gasteiger partial charge in [-0.3, -0.25) is 4.99 Å². The monoisotopic (exact) mass is 439 g/mol. The molecule has 1 aliphatic heterocycles. The molecule has 0 bridgehead atoms. The van der Waals surface area contributed by atoms with E-state index >= 15 is 0 Å². The van der Waals surface area contributed by atoms with Crippen LogP contribution in [0.3, 0.4) is 0 Å². The second-order valence-electron chi connectivity index (χ2n) is 4.97. The average Bonchev–Trinajstić information content (AvgIpc) is 3.05. The maximum atomic E-state index is 11.5. The minimum atomic E-state index is -2.90. The number of hydrogen-bond donors (Lipinski definition) is 2. The van der Waals surface area contributed by atoms with Gasteiger partial charge in [0.2, 0.25) is 0 Å². The summed E-state index contributed by atoms with van der Waals surface area (Å²) in [7, 11) is -2.90. The zero-order chi connectivity index (χ0) is 15.1. The largest absolute Gasteiger partial charge is 0.469 e. The van der Waals surface area contributed by atoms with Gasteiger partial charge in [-0.25, -0.2) is 8.42 Å². The third-order valence-electron chi connectivity index (χ3n) is 3.20. The predicted octanol–water partition coefficient (Wildman–Crippen LogP) is 1.35. The molecule has 1 atom stereocenters. The van der Waals surface area contributed by atoms with Crippen molar-refractivity contribution in [3.63, 3.8) is 0 Å². The first kappa shape index (κ1) is 19.0. The fourth-order valence-corrected chi connectivity index (χ4v) is 3.83. The zero-order valence-electron chi connectivity index (χ0n) is 12.3. The van der Waals surface area contributed by atoms with Crippen molar-refractivity contribution in [1.29, 1.82) is 0 Å². The quantitative estimate of drug-likeness (QED) is 0.303. The van der Waals surface area contributed by atoms with Crippen LogP contribution in [-0.2, 0) is 16.3 Å². The molecule has 1 aromatic rings. The van der Waals surface area contributed by atoms with E-state index in [1.54, 1.807) is 12.3 Å². The molecule has 1 unspecified atom stereocenters. The minimum Gasteiger partial charge on any atom is -0.469 e. The second-order valence-corrected chi connectivity index (χ2v) is 7.20. The Morgan fingerprint density at radius 1 is 1.55 bits per heavy atom. The highest BCUT2D eigenvalue weighted by Crippen LogP contribution is 2.11. The van der Waals surface area contributed by atoms with Gasteiger partial charge >= 0.3 is 0 Å². The summed E-state index contributed by atoms with van der Waals surface area (Å²) in [6.45, 7) is 4.80. The van der Waals surface area contributed by atoms with Crippen molar-refractivity contribution >= 4 is 39.8 Å². The molecule has 22 heavy (non-hydrogen) atoms. The molecule has 1 fully saturated rings. The van der Waals surface area contributed by atoms with Crippen LogP contribution in [0.25, 0.3) is 0 Å². The summed E-state index contributed by atoms with van der Waals surface area (Å²) < 4.78 is 28.2. The van der Waals surface area contributed by atoms with Crippen molar-refractivity contribution in [1.82, 2.24) is 10.6 Å². The van der Waals surface area contributed by atoms with Crippen LogP contribution in [0.1, 0.15) is 12.2 Å². The molecule has 8 heteroatoms. The third-order valence-corrected chi connectivity index (χ3v) is 4.96. The third kappa shape index (κ3) is 6.39. The highest BCUT2D eigenvalue weighted by atomic mass is 127. The van der Waals surface area contributed by atoms with Crippen LogP contribution < -0.4 is 10.6 Å². The molecule has 2 rings (SSSR count). The van der Waals surface area contributed by atoms with Crippen LogP contribution in [0.5, 0.6) is 0 Å². The number of sulfone groups is 1. The summed E-state index contributed by atoms with van der Waals surface area (Å²) in [6, 6.07) is 3.68. The number of hydrogen-bond acceptors (Lipinski definition) is 4. The smallest absolute Gasteiger partial charge is 0.191 e. The Bertz CT molecular complexity index is 584. The van der Waals surface area contributed by atoms with Gasteiger partial charge in [-0.2, -0.15) is 0 Å². The van der Waals surface area contributed by atoms with Gasteiger partial charge < -0.3 is 15.1 Å². The Kier molecular flexibility index (Phi) is 7.94. The van der Waals surface area contributed by atoms with E-state index in [9.17, 15) is 8.42 Å². The van der Waals surface area contributed by atoms with Crippen LogP contribution in [0.2, 0.25) is 0 Å². The Hall–Kier alpha value is -1.03. The number of halogens is 1. The van der Waals surface area contributed by atoms with E-state index in [2.05, 4.69) is 22.2 Å². The van der Waals surface area contributed by atoms with E-state index in [1.807, 2.05) is 12.1 Å². The Balaban J connectivity index is 0.00000242. The number of furan rings is 1. The maximum Gasteiger partial charge on any atom is 0.191 e. The van der Waals surface area contributed by atoms with Crippen LogP contribution in [0.15, 0.2) is 40.5 Å². The number of rotatable bonds is 6. The zero-order valence-corrected chi connectivity index (χ0v) is 15.5. The fourth-order valence-electron chi connectivity index (χ4n) is 2.16. The second kappa shape index (κ2) is 9.19. The van der Waals surface area contributed by atoms with Crippen molar-refractivity contribution < 1.29 is 12.8 Å². The molecule has 0 aromatic carbocycles. The molecular formula is C14H22IN3O3S. The SMILES string of the molecule is C=CCNC(=NCCc1ccco1)NC1CCS(=O)(=O)C1.I. The maximum absolute atomic E-state index is 11.5. The molecule has 2 N–H and O–H groups in total. The topological polar surface area (TPSA) is 83.7 Å². The van der Waals surface area contributed by atoms with Crippen molar-refractivity contribution in [3.05, 3.63) is 36.8 Å². The Morgan fingerprint density at radius 3 is 2.95 bits per heavy atom. The van der Waals surface area contributed by atoms with Crippen molar-refractivity contribution in [2.45, 2.75) is 18.9 Å². The highest BCUT2D eigenvalue weighted by Gasteiger charge is 2.28. The molecule has 124 valence electrons. The molecule has 0 saturated carbocycles. The van der Waals surface area contributed by atoms with Crippen LogP contribution in [0, 0.1) is 0 Å². The van der Waals surface area contributed by atoms with Gasteiger partial charge in [0.15, 0.2) is 15.8 Å². The van der Waals surface area contributed by atoms with Gasteiger partial charge in [0.1, 0.15) is 5.76 Å². The van der Waals surface area contributed by atoms with Gasteiger partial charge in [0.25, 0.3) is 0 Å². The van der Waals surface area contributed by atoms with E-state index in [1.165, 1.54) is 0 Å². The molecule has 6 nitrogen and oxygen atoms in total. The van der Waals surface area contributed by atoms with E-state index < -0.39 is 9.84 Å². The minimum absolute atomic E-state index is 0. The first-order chi connectivity index (χ1) is 10.1. The Labute approximate surface area is 148 Å². The summed E-state index contributed by atoms with van der Waals surface area (Å²) in [5, 5.41) is 6.27. The van der Waals surface area contributed by atoms with Gasteiger partial charge in [-0.1, -0.05) is 6.08 Å². The predicted molar refractivity (Wildman–Crippen MR) is 98.5 cm³/mol. The van der Waals surface area contributed by atoms with Crippen molar-refractivity contribution in [2.75, 3.05) is 24.6 Å². The summed E-state index contributed by atoms with van der Waals surface area (Å²) in [4.78, 5) is 4.44.